The van der Waals surface area contributed by atoms with E-state index in [9.17, 15) is 37.4 Å². The Labute approximate surface area is 232 Å². The smallest absolute Gasteiger partial charge is 0.424 e. The van der Waals surface area contributed by atoms with Gasteiger partial charge in [0.05, 0.1) is 16.9 Å². The number of thiazole rings is 1. The van der Waals surface area contributed by atoms with E-state index in [0.29, 0.717) is 4.70 Å². The van der Waals surface area contributed by atoms with E-state index in [0.717, 1.165) is 35.6 Å². The number of carbonyl (C=O) groups is 2. The monoisotopic (exact) mass is 591 g/mol. The molecular weight excluding hydrogens is 570 g/mol. The first-order valence-electron chi connectivity index (χ1n) is 11.8. The van der Waals surface area contributed by atoms with Gasteiger partial charge < -0.3 is 31.7 Å². The topological polar surface area (TPSA) is 174 Å². The molecule has 0 bridgehead atoms. The predicted molar refractivity (Wildman–Crippen MR) is 140 cm³/mol. The molecule has 0 radical (unpaired) electrons. The van der Waals surface area contributed by atoms with E-state index in [1.165, 1.54) is 25.1 Å². The number of anilines is 1. The number of pyridine rings is 1. The molecule has 10 nitrogen and oxygen atoms in total. The van der Waals surface area contributed by atoms with Crippen LogP contribution in [-0.4, -0.2) is 51.3 Å². The number of hydrogen-bond acceptors (Lipinski definition) is 9. The standard InChI is InChI=1S/C26H21F4N5O5S/c1-24(22(31)38)10-40-20-14(24)8-17(34-18(20)11-2-4-13(27)5-3-11)25(39,26(28,29)30)9-33-21(37)12-6-15(36)19-16(7-12)41-23(32)35-19/h2-8,36,39H,9-10H2,1H3,(H2,31,38)(H2,32,35)(H,33,37)/t24-,25?/m0/s1. The van der Waals surface area contributed by atoms with E-state index >= 15 is 0 Å². The number of halogens is 4. The summed E-state index contributed by atoms with van der Waals surface area (Å²) in [5.41, 5.74) is 4.64. The van der Waals surface area contributed by atoms with Gasteiger partial charge in [-0.15, -0.1) is 0 Å². The quantitative estimate of drug-likeness (QED) is 0.213. The highest BCUT2D eigenvalue weighted by Crippen LogP contribution is 2.47. The number of phenolic OH excluding ortho intramolecular Hbond substituents is 1. The molecule has 0 spiro atoms. The second-order valence-corrected chi connectivity index (χ2v) is 10.7. The Hall–Kier alpha value is -4.50. The number of nitrogen functional groups attached to an aromatic ring is 1. The molecule has 3 heterocycles. The highest BCUT2D eigenvalue weighted by atomic mass is 32.1. The summed E-state index contributed by atoms with van der Waals surface area (Å²) < 4.78 is 63.1. The van der Waals surface area contributed by atoms with Crippen LogP contribution in [0.1, 0.15) is 28.5 Å². The van der Waals surface area contributed by atoms with Gasteiger partial charge in [-0.25, -0.2) is 14.4 Å². The molecule has 0 saturated carbocycles. The van der Waals surface area contributed by atoms with Gasteiger partial charge in [-0.05, 0) is 49.4 Å². The molecule has 214 valence electrons. The third kappa shape index (κ3) is 4.66. The number of benzene rings is 2. The number of ether oxygens (including phenoxy) is 1. The third-order valence-corrected chi connectivity index (χ3v) is 7.72. The number of hydrogen-bond donors (Lipinski definition) is 5. The Bertz CT molecular complexity index is 1710. The zero-order valence-electron chi connectivity index (χ0n) is 21.0. The summed E-state index contributed by atoms with van der Waals surface area (Å²) in [6.45, 7) is -0.351. The molecule has 2 amide bonds. The van der Waals surface area contributed by atoms with E-state index in [4.69, 9.17) is 16.2 Å². The summed E-state index contributed by atoms with van der Waals surface area (Å²) >= 11 is 0.951. The Morgan fingerprint density at radius 3 is 2.49 bits per heavy atom. The van der Waals surface area contributed by atoms with Crippen molar-refractivity contribution in [2.45, 2.75) is 24.1 Å². The summed E-state index contributed by atoms with van der Waals surface area (Å²) in [4.78, 5) is 33.1. The van der Waals surface area contributed by atoms with Gasteiger partial charge in [0.2, 0.25) is 11.5 Å². The number of nitrogens with one attached hydrogen (secondary N) is 1. The lowest BCUT2D eigenvalue weighted by molar-refractivity contribution is -0.265. The van der Waals surface area contributed by atoms with Crippen molar-refractivity contribution >= 4 is 38.5 Å². The normalized spacial score (nSPS) is 18.0. The number of aromatic nitrogens is 2. The number of alkyl halides is 3. The number of phenols is 1. The van der Waals surface area contributed by atoms with Gasteiger partial charge >= 0.3 is 6.18 Å². The molecule has 2 atom stereocenters. The van der Waals surface area contributed by atoms with Crippen molar-refractivity contribution in [2.75, 3.05) is 18.9 Å². The van der Waals surface area contributed by atoms with Gasteiger partial charge in [0, 0.05) is 16.7 Å². The van der Waals surface area contributed by atoms with Crippen LogP contribution in [0.25, 0.3) is 21.5 Å². The Morgan fingerprint density at radius 1 is 1.17 bits per heavy atom. The predicted octanol–water partition coefficient (Wildman–Crippen LogP) is 3.10. The average Bonchev–Trinajstić information content (AvgIpc) is 3.46. The molecule has 0 fully saturated rings. The van der Waals surface area contributed by atoms with Crippen molar-refractivity contribution in [3.63, 3.8) is 0 Å². The van der Waals surface area contributed by atoms with Gasteiger partial charge in [0.15, 0.2) is 5.13 Å². The SMILES string of the molecule is C[C@]1(C(N)=O)COc2c1cc(C(O)(CNC(=O)c1cc(O)c3nc(N)sc3c1)C(F)(F)F)nc2-c1ccc(F)cc1. The third-order valence-electron chi connectivity index (χ3n) is 6.89. The van der Waals surface area contributed by atoms with Crippen molar-refractivity contribution in [2.24, 2.45) is 5.73 Å². The summed E-state index contributed by atoms with van der Waals surface area (Å²) in [7, 11) is 0. The molecule has 7 N–H and O–H groups in total. The first-order valence-corrected chi connectivity index (χ1v) is 12.7. The fraction of sp³-hybridized carbons (Fsp3) is 0.231. The zero-order chi connectivity index (χ0) is 29.9. The van der Waals surface area contributed by atoms with Crippen LogP contribution < -0.4 is 21.5 Å². The molecule has 15 heteroatoms. The first kappa shape index (κ1) is 28.0. The summed E-state index contributed by atoms with van der Waals surface area (Å²) in [6, 6.07) is 7.73. The molecule has 1 aliphatic heterocycles. The van der Waals surface area contributed by atoms with Crippen LogP contribution in [0.5, 0.6) is 11.5 Å². The van der Waals surface area contributed by atoms with Crippen molar-refractivity contribution in [3.8, 4) is 22.8 Å². The van der Waals surface area contributed by atoms with Gasteiger partial charge in [0.25, 0.3) is 5.91 Å². The van der Waals surface area contributed by atoms with Gasteiger partial charge in [-0.3, -0.25) is 9.59 Å². The lowest BCUT2D eigenvalue weighted by atomic mass is 9.81. The summed E-state index contributed by atoms with van der Waals surface area (Å²) in [6.07, 6.45) is -5.39. The lowest BCUT2D eigenvalue weighted by Crippen LogP contribution is -2.51. The van der Waals surface area contributed by atoms with E-state index in [1.54, 1.807) is 0 Å². The number of fused-ring (bicyclic) bond motifs is 2. The molecule has 1 aliphatic rings. The van der Waals surface area contributed by atoms with Crippen molar-refractivity contribution in [3.05, 3.63) is 65.1 Å². The van der Waals surface area contributed by atoms with Crippen molar-refractivity contribution in [1.29, 1.82) is 0 Å². The van der Waals surface area contributed by atoms with Crippen LogP contribution in [-0.2, 0) is 15.8 Å². The molecule has 1 unspecified atom stereocenters. The van der Waals surface area contributed by atoms with E-state index in [1.807, 2.05) is 5.32 Å². The number of carbonyl (C=O) groups excluding carboxylic acids is 2. The van der Waals surface area contributed by atoms with Crippen LogP contribution in [0, 0.1) is 5.82 Å². The number of nitrogens with two attached hydrogens (primary N) is 2. The highest BCUT2D eigenvalue weighted by molar-refractivity contribution is 7.22. The minimum atomic E-state index is -5.39. The fourth-order valence-corrected chi connectivity index (χ4v) is 5.20. The van der Waals surface area contributed by atoms with Crippen molar-refractivity contribution < 1.29 is 42.1 Å². The maximum absolute atomic E-state index is 14.5. The maximum Gasteiger partial charge on any atom is 0.424 e. The van der Waals surface area contributed by atoms with Crippen LogP contribution >= 0.6 is 11.3 Å². The maximum atomic E-state index is 14.5. The highest BCUT2D eigenvalue weighted by Gasteiger charge is 2.57. The van der Waals surface area contributed by atoms with Crippen LogP contribution in [0.15, 0.2) is 42.5 Å². The zero-order valence-corrected chi connectivity index (χ0v) is 21.9. The molecule has 0 saturated heterocycles. The molecule has 2 aromatic carbocycles. The Kier molecular flexibility index (Phi) is 6.54. The largest absolute Gasteiger partial charge is 0.506 e. The van der Waals surface area contributed by atoms with E-state index in [2.05, 4.69) is 9.97 Å². The molecular formula is C26H21F4N5O5S. The number of aromatic hydroxyl groups is 1. The summed E-state index contributed by atoms with van der Waals surface area (Å²) in [5.74, 6) is -3.04. The number of rotatable bonds is 6. The lowest BCUT2D eigenvalue weighted by Gasteiger charge is -2.31. The first-order chi connectivity index (χ1) is 19.1. The van der Waals surface area contributed by atoms with Crippen molar-refractivity contribution in [1.82, 2.24) is 15.3 Å². The number of amides is 2. The van der Waals surface area contributed by atoms with Crippen LogP contribution in [0.2, 0.25) is 0 Å². The van der Waals surface area contributed by atoms with E-state index < -0.39 is 52.8 Å². The average molecular weight is 592 g/mol. The minimum absolute atomic E-state index is 0.0529. The molecule has 4 aromatic rings. The van der Waals surface area contributed by atoms with Crippen LogP contribution in [0.3, 0.4) is 0 Å². The second kappa shape index (κ2) is 9.55. The molecule has 0 aliphatic carbocycles. The number of nitrogens with zero attached hydrogens (tertiary/aromatic N) is 2. The molecule has 2 aromatic heterocycles. The minimum Gasteiger partial charge on any atom is -0.506 e. The number of aliphatic hydroxyl groups is 1. The summed E-state index contributed by atoms with van der Waals surface area (Å²) in [5, 5.41) is 23.4. The Morgan fingerprint density at radius 2 is 1.85 bits per heavy atom. The van der Waals surface area contributed by atoms with Gasteiger partial charge in [-0.2, -0.15) is 13.2 Å². The molecule has 41 heavy (non-hydrogen) atoms. The van der Waals surface area contributed by atoms with E-state index in [-0.39, 0.29) is 45.4 Å². The second-order valence-electron chi connectivity index (χ2n) is 9.66. The fourth-order valence-electron chi connectivity index (χ4n) is 4.41. The van der Waals surface area contributed by atoms with Gasteiger partial charge in [-0.1, -0.05) is 11.3 Å². The van der Waals surface area contributed by atoms with Gasteiger partial charge in [0.1, 0.15) is 40.5 Å². The number of primary amides is 1. The Balaban J connectivity index is 1.59. The van der Waals surface area contributed by atoms with Crippen LogP contribution in [0.4, 0.5) is 22.7 Å². The molecule has 5 rings (SSSR count).